The number of nitrogens with zero attached hydrogens (tertiary/aromatic N) is 1. The monoisotopic (exact) mass is 503 g/mol. The number of aromatic nitrogens is 1. The first-order chi connectivity index (χ1) is 17.5. The van der Waals surface area contributed by atoms with E-state index in [4.69, 9.17) is 21.1 Å². The number of nitrogens with one attached hydrogen (secondary N) is 2. The predicted octanol–water partition coefficient (Wildman–Crippen LogP) is 5.81. The summed E-state index contributed by atoms with van der Waals surface area (Å²) in [7, 11) is 1.46. The fraction of sp³-hybridized carbons (Fsp3) is 0.143. The van der Waals surface area contributed by atoms with Crippen LogP contribution in [0.2, 0.25) is 5.02 Å². The fourth-order valence-electron chi connectivity index (χ4n) is 3.76. The topological polar surface area (TPSA) is 87.1 Å². The van der Waals surface area contributed by atoms with Crippen LogP contribution in [-0.2, 0) is 17.8 Å². The summed E-state index contributed by atoms with van der Waals surface area (Å²) in [6, 6.07) is 19.0. The number of ether oxygens (including phenoxy) is 2. The molecule has 0 radical (unpaired) electrons. The van der Waals surface area contributed by atoms with E-state index in [1.807, 2.05) is 36.5 Å². The van der Waals surface area contributed by atoms with E-state index in [0.717, 1.165) is 22.0 Å². The van der Waals surface area contributed by atoms with Crippen molar-refractivity contribution in [1.29, 1.82) is 5.26 Å². The van der Waals surface area contributed by atoms with Gasteiger partial charge in [-0.05, 0) is 59.5 Å². The van der Waals surface area contributed by atoms with E-state index < -0.39 is 5.91 Å². The number of rotatable bonds is 9. The van der Waals surface area contributed by atoms with Crippen molar-refractivity contribution in [2.24, 2.45) is 0 Å². The Morgan fingerprint density at radius 3 is 2.72 bits per heavy atom. The summed E-state index contributed by atoms with van der Waals surface area (Å²) >= 11 is 6.42. The lowest BCUT2D eigenvalue weighted by molar-refractivity contribution is -0.117. The van der Waals surface area contributed by atoms with E-state index >= 15 is 0 Å². The summed E-state index contributed by atoms with van der Waals surface area (Å²) in [6.07, 6.45) is 3.99. The van der Waals surface area contributed by atoms with Gasteiger partial charge in [-0.15, -0.1) is 0 Å². The molecule has 2 N–H and O–H groups in total. The van der Waals surface area contributed by atoms with Crippen molar-refractivity contribution in [2.45, 2.75) is 13.0 Å². The zero-order chi connectivity index (χ0) is 25.5. The molecule has 0 aliphatic carbocycles. The third-order valence-electron chi connectivity index (χ3n) is 5.58. The van der Waals surface area contributed by atoms with Gasteiger partial charge in [0.25, 0.3) is 5.91 Å². The summed E-state index contributed by atoms with van der Waals surface area (Å²) in [5.41, 5.74) is 3.32. The minimum atomic E-state index is -0.482. The number of carbonyl (C=O) groups excluding carboxylic acids is 1. The second-order valence-electron chi connectivity index (χ2n) is 7.98. The molecule has 6 nitrogen and oxygen atoms in total. The van der Waals surface area contributed by atoms with Gasteiger partial charge < -0.3 is 19.8 Å². The molecule has 36 heavy (non-hydrogen) atoms. The first-order valence-electron chi connectivity index (χ1n) is 11.2. The van der Waals surface area contributed by atoms with Crippen molar-refractivity contribution < 1.29 is 18.7 Å². The fourth-order valence-corrected chi connectivity index (χ4v) is 4.03. The lowest BCUT2D eigenvalue weighted by Crippen LogP contribution is -2.26. The third kappa shape index (κ3) is 5.85. The molecular formula is C28H23ClFN3O3. The smallest absolute Gasteiger partial charge is 0.261 e. The number of fused-ring (bicyclic) bond motifs is 1. The Hall–Kier alpha value is -4.28. The highest BCUT2D eigenvalue weighted by Gasteiger charge is 2.15. The normalized spacial score (nSPS) is 11.2. The minimum absolute atomic E-state index is 0.0629. The number of nitriles is 1. The standard InChI is InChI=1S/C28H23ClFN3O3/c1-35-26-14-19(13-24(29)27(26)36-17-18-6-8-22(30)9-7-18)12-21(15-31)28(34)32-11-10-20-16-33-25-5-3-2-4-23(20)25/h2-9,12-14,16,33H,10-11,17H2,1H3,(H,32,34)/b21-12-. The molecule has 0 fully saturated rings. The Balaban J connectivity index is 1.43. The lowest BCUT2D eigenvalue weighted by atomic mass is 10.1. The van der Waals surface area contributed by atoms with Gasteiger partial charge in [0.15, 0.2) is 11.5 Å². The summed E-state index contributed by atoms with van der Waals surface area (Å²) in [5, 5.41) is 13.7. The first-order valence-corrected chi connectivity index (χ1v) is 11.6. The van der Waals surface area contributed by atoms with Crippen LogP contribution in [0.5, 0.6) is 11.5 Å². The number of para-hydroxylation sites is 1. The Morgan fingerprint density at radius 1 is 1.19 bits per heavy atom. The first kappa shape index (κ1) is 24.8. The van der Waals surface area contributed by atoms with Crippen LogP contribution in [0.1, 0.15) is 16.7 Å². The zero-order valence-electron chi connectivity index (χ0n) is 19.5. The third-order valence-corrected chi connectivity index (χ3v) is 5.86. The molecule has 0 atom stereocenters. The quantitative estimate of drug-likeness (QED) is 0.223. The van der Waals surface area contributed by atoms with Crippen molar-refractivity contribution >= 4 is 34.5 Å². The highest BCUT2D eigenvalue weighted by molar-refractivity contribution is 6.32. The highest BCUT2D eigenvalue weighted by Crippen LogP contribution is 2.37. The van der Waals surface area contributed by atoms with Crippen molar-refractivity contribution in [2.75, 3.05) is 13.7 Å². The number of halogens is 2. The molecule has 1 aromatic heterocycles. The van der Waals surface area contributed by atoms with Gasteiger partial charge in [-0.3, -0.25) is 4.79 Å². The van der Waals surface area contributed by atoms with E-state index in [1.165, 1.54) is 25.3 Å². The minimum Gasteiger partial charge on any atom is -0.493 e. The number of carbonyl (C=O) groups is 1. The number of hydrogen-bond donors (Lipinski definition) is 2. The molecule has 4 rings (SSSR count). The molecule has 8 heteroatoms. The molecule has 0 bridgehead atoms. The molecule has 0 saturated heterocycles. The van der Waals surface area contributed by atoms with Gasteiger partial charge in [0, 0.05) is 23.6 Å². The summed E-state index contributed by atoms with van der Waals surface area (Å²) < 4.78 is 24.3. The van der Waals surface area contributed by atoms with Gasteiger partial charge in [-0.2, -0.15) is 5.26 Å². The molecule has 0 spiro atoms. The number of amides is 1. The Bertz CT molecular complexity index is 1460. The van der Waals surface area contributed by atoms with Gasteiger partial charge in [0.1, 0.15) is 24.1 Å². The second-order valence-corrected chi connectivity index (χ2v) is 8.39. The number of H-pyrrole nitrogens is 1. The molecular weight excluding hydrogens is 481 g/mol. The van der Waals surface area contributed by atoms with Crippen molar-refractivity contribution in [3.05, 3.63) is 100.0 Å². The summed E-state index contributed by atoms with van der Waals surface area (Å²) in [6.45, 7) is 0.535. The van der Waals surface area contributed by atoms with Gasteiger partial charge in [-0.25, -0.2) is 4.39 Å². The Morgan fingerprint density at radius 2 is 1.97 bits per heavy atom. The summed E-state index contributed by atoms with van der Waals surface area (Å²) in [5.74, 6) is -0.167. The van der Waals surface area contributed by atoms with Gasteiger partial charge >= 0.3 is 0 Å². The van der Waals surface area contributed by atoms with Crippen LogP contribution in [0.4, 0.5) is 4.39 Å². The van der Waals surface area contributed by atoms with Crippen LogP contribution in [0.3, 0.4) is 0 Å². The molecule has 3 aromatic carbocycles. The number of benzene rings is 3. The Labute approximate surface area is 212 Å². The van der Waals surface area contributed by atoms with Crippen LogP contribution in [-0.4, -0.2) is 24.5 Å². The SMILES string of the molecule is COc1cc(/C=C(/C#N)C(=O)NCCc2c[nH]c3ccccc23)cc(Cl)c1OCc1ccc(F)cc1. The number of methoxy groups -OCH3 is 1. The van der Waals surface area contributed by atoms with E-state index in [-0.39, 0.29) is 23.0 Å². The van der Waals surface area contributed by atoms with Crippen molar-refractivity contribution in [3.63, 3.8) is 0 Å². The van der Waals surface area contributed by atoms with E-state index in [2.05, 4.69) is 10.3 Å². The molecule has 1 amide bonds. The largest absolute Gasteiger partial charge is 0.493 e. The molecule has 0 aliphatic heterocycles. The second kappa shape index (κ2) is 11.4. The average molecular weight is 504 g/mol. The lowest BCUT2D eigenvalue weighted by Gasteiger charge is -2.13. The molecule has 0 aliphatic rings. The van der Waals surface area contributed by atoms with Crippen molar-refractivity contribution in [3.8, 4) is 17.6 Å². The maximum atomic E-state index is 13.1. The van der Waals surface area contributed by atoms with E-state index in [1.54, 1.807) is 24.3 Å². The predicted molar refractivity (Wildman–Crippen MR) is 137 cm³/mol. The molecule has 0 unspecified atom stereocenters. The van der Waals surface area contributed by atoms with Gasteiger partial charge in [0.05, 0.1) is 12.1 Å². The number of aromatic amines is 1. The summed E-state index contributed by atoms with van der Waals surface area (Å²) in [4.78, 5) is 15.8. The van der Waals surface area contributed by atoms with E-state index in [9.17, 15) is 14.4 Å². The molecule has 4 aromatic rings. The van der Waals surface area contributed by atoms with Crippen LogP contribution in [0.25, 0.3) is 17.0 Å². The van der Waals surface area contributed by atoms with Gasteiger partial charge in [-0.1, -0.05) is 41.9 Å². The maximum Gasteiger partial charge on any atom is 0.261 e. The molecule has 0 saturated carbocycles. The number of hydrogen-bond acceptors (Lipinski definition) is 4. The van der Waals surface area contributed by atoms with Crippen LogP contribution >= 0.6 is 11.6 Å². The maximum absolute atomic E-state index is 13.1. The van der Waals surface area contributed by atoms with Gasteiger partial charge in [0.2, 0.25) is 0 Å². The molecule has 182 valence electrons. The van der Waals surface area contributed by atoms with Crippen LogP contribution in [0, 0.1) is 17.1 Å². The van der Waals surface area contributed by atoms with Crippen LogP contribution < -0.4 is 14.8 Å². The highest BCUT2D eigenvalue weighted by atomic mass is 35.5. The van der Waals surface area contributed by atoms with E-state index in [0.29, 0.717) is 30.0 Å². The molecule has 1 heterocycles. The average Bonchev–Trinajstić information content (AvgIpc) is 3.30. The van der Waals surface area contributed by atoms with Crippen molar-refractivity contribution in [1.82, 2.24) is 10.3 Å². The zero-order valence-corrected chi connectivity index (χ0v) is 20.2. The van der Waals surface area contributed by atoms with Crippen LogP contribution in [0.15, 0.2) is 72.4 Å². The Kier molecular flexibility index (Phi) is 7.89.